The number of nitrogen functional groups attached to an aromatic ring is 1. The molecule has 18 heavy (non-hydrogen) atoms. The Morgan fingerprint density at radius 3 is 2.61 bits per heavy atom. The number of benzene rings is 2. The number of anilines is 2. The van der Waals surface area contributed by atoms with E-state index in [0.717, 1.165) is 0 Å². The molecule has 0 aromatic heterocycles. The minimum Gasteiger partial charge on any atom is -0.396 e. The van der Waals surface area contributed by atoms with Crippen LogP contribution in [-0.2, 0) is 0 Å². The molecule has 0 saturated carbocycles. The van der Waals surface area contributed by atoms with Crippen molar-refractivity contribution in [2.45, 2.75) is 0 Å². The van der Waals surface area contributed by atoms with E-state index < -0.39 is 5.82 Å². The van der Waals surface area contributed by atoms with Gasteiger partial charge >= 0.3 is 0 Å². The van der Waals surface area contributed by atoms with Crippen LogP contribution in [0.5, 0.6) is 0 Å². The van der Waals surface area contributed by atoms with E-state index in [9.17, 15) is 9.18 Å². The number of rotatable bonds is 2. The number of nitrogens with one attached hydrogen (secondary N) is 1. The SMILES string of the molecule is Nc1cc(NC(=O)c2ccccc2Cl)ccc1F. The Balaban J connectivity index is 2.22. The fourth-order valence-electron chi connectivity index (χ4n) is 1.47. The molecule has 1 amide bonds. The lowest BCUT2D eigenvalue weighted by Gasteiger charge is -2.07. The maximum atomic E-state index is 13.0. The van der Waals surface area contributed by atoms with Crippen LogP contribution in [0.15, 0.2) is 42.5 Å². The van der Waals surface area contributed by atoms with E-state index >= 15 is 0 Å². The number of amides is 1. The number of hydrogen-bond donors (Lipinski definition) is 2. The number of hydrogen-bond acceptors (Lipinski definition) is 2. The highest BCUT2D eigenvalue weighted by Crippen LogP contribution is 2.19. The van der Waals surface area contributed by atoms with E-state index in [1.165, 1.54) is 18.2 Å². The molecule has 0 spiro atoms. The molecule has 0 fully saturated rings. The predicted octanol–water partition coefficient (Wildman–Crippen LogP) is 3.31. The first-order valence-corrected chi connectivity index (χ1v) is 5.56. The van der Waals surface area contributed by atoms with Gasteiger partial charge in [0.25, 0.3) is 5.91 Å². The summed E-state index contributed by atoms with van der Waals surface area (Å²) in [6, 6.07) is 10.6. The van der Waals surface area contributed by atoms with E-state index in [2.05, 4.69) is 5.32 Å². The molecule has 0 heterocycles. The zero-order valence-electron chi connectivity index (χ0n) is 9.28. The van der Waals surface area contributed by atoms with Gasteiger partial charge in [-0.3, -0.25) is 4.79 Å². The Bertz CT molecular complexity index is 601. The maximum Gasteiger partial charge on any atom is 0.257 e. The van der Waals surface area contributed by atoms with Gasteiger partial charge in [-0.2, -0.15) is 0 Å². The van der Waals surface area contributed by atoms with Crippen molar-refractivity contribution in [1.82, 2.24) is 0 Å². The zero-order valence-corrected chi connectivity index (χ0v) is 10.0. The molecule has 0 saturated heterocycles. The fourth-order valence-corrected chi connectivity index (χ4v) is 1.69. The monoisotopic (exact) mass is 264 g/mol. The fraction of sp³-hybridized carbons (Fsp3) is 0. The lowest BCUT2D eigenvalue weighted by atomic mass is 10.2. The molecule has 0 aliphatic rings. The first-order valence-electron chi connectivity index (χ1n) is 5.19. The first kappa shape index (κ1) is 12.4. The Morgan fingerprint density at radius 1 is 1.22 bits per heavy atom. The Kier molecular flexibility index (Phi) is 3.48. The molecule has 0 atom stereocenters. The van der Waals surface area contributed by atoms with Gasteiger partial charge < -0.3 is 11.1 Å². The van der Waals surface area contributed by atoms with E-state index in [1.807, 2.05) is 0 Å². The van der Waals surface area contributed by atoms with E-state index in [4.69, 9.17) is 17.3 Å². The summed E-state index contributed by atoms with van der Waals surface area (Å²) in [6.07, 6.45) is 0. The molecule has 2 rings (SSSR count). The van der Waals surface area contributed by atoms with Gasteiger partial charge in [-0.15, -0.1) is 0 Å². The second-order valence-electron chi connectivity index (χ2n) is 3.67. The van der Waals surface area contributed by atoms with Gasteiger partial charge in [0.05, 0.1) is 16.3 Å². The van der Waals surface area contributed by atoms with E-state index in [-0.39, 0.29) is 11.6 Å². The normalized spacial score (nSPS) is 10.1. The van der Waals surface area contributed by atoms with Crippen LogP contribution < -0.4 is 11.1 Å². The highest BCUT2D eigenvalue weighted by Gasteiger charge is 2.10. The standard InChI is InChI=1S/C13H10ClFN2O/c14-10-4-2-1-3-9(10)13(18)17-8-5-6-11(15)12(16)7-8/h1-7H,16H2,(H,17,18). The van der Waals surface area contributed by atoms with Crippen molar-refractivity contribution in [3.8, 4) is 0 Å². The van der Waals surface area contributed by atoms with E-state index in [1.54, 1.807) is 24.3 Å². The molecule has 0 radical (unpaired) electrons. The molecule has 0 aliphatic heterocycles. The first-order chi connectivity index (χ1) is 8.58. The van der Waals surface area contributed by atoms with Crippen LogP contribution in [0.2, 0.25) is 5.02 Å². The minimum absolute atomic E-state index is 0.0213. The zero-order chi connectivity index (χ0) is 13.1. The lowest BCUT2D eigenvalue weighted by molar-refractivity contribution is 0.102. The third kappa shape index (κ3) is 2.60. The highest BCUT2D eigenvalue weighted by molar-refractivity contribution is 6.34. The number of carbonyl (C=O) groups is 1. The predicted molar refractivity (Wildman–Crippen MR) is 70.2 cm³/mol. The smallest absolute Gasteiger partial charge is 0.257 e. The summed E-state index contributed by atoms with van der Waals surface area (Å²) in [4.78, 5) is 11.9. The summed E-state index contributed by atoms with van der Waals surface area (Å²) in [5.74, 6) is -0.891. The summed E-state index contributed by atoms with van der Waals surface area (Å²) in [5.41, 5.74) is 6.16. The molecule has 5 heteroatoms. The van der Waals surface area contributed by atoms with Crippen LogP contribution in [0.25, 0.3) is 0 Å². The van der Waals surface area contributed by atoms with Crippen LogP contribution >= 0.6 is 11.6 Å². The summed E-state index contributed by atoms with van der Waals surface area (Å²) >= 11 is 5.90. The molecule has 3 N–H and O–H groups in total. The van der Waals surface area contributed by atoms with Crippen LogP contribution in [0.4, 0.5) is 15.8 Å². The van der Waals surface area contributed by atoms with Crippen LogP contribution in [0, 0.1) is 5.82 Å². The summed E-state index contributed by atoms with van der Waals surface area (Å²) in [5, 5.41) is 2.95. The summed E-state index contributed by atoms with van der Waals surface area (Å²) < 4.78 is 13.0. The Labute approximate surface area is 108 Å². The number of nitrogens with two attached hydrogens (primary N) is 1. The van der Waals surface area contributed by atoms with Gasteiger partial charge in [0.15, 0.2) is 0 Å². The molecule has 2 aromatic rings. The maximum absolute atomic E-state index is 13.0. The molecule has 0 unspecified atom stereocenters. The second kappa shape index (κ2) is 5.06. The van der Waals surface area contributed by atoms with Crippen LogP contribution in [0.3, 0.4) is 0 Å². The minimum atomic E-state index is -0.522. The molecule has 0 aliphatic carbocycles. The number of carbonyl (C=O) groups excluding carboxylic acids is 1. The average Bonchev–Trinajstić information content (AvgIpc) is 2.34. The van der Waals surface area contributed by atoms with E-state index in [0.29, 0.717) is 16.3 Å². The molecular weight excluding hydrogens is 255 g/mol. The van der Waals surface area contributed by atoms with Crippen molar-refractivity contribution >= 4 is 28.9 Å². The highest BCUT2D eigenvalue weighted by atomic mass is 35.5. The third-order valence-corrected chi connectivity index (χ3v) is 2.70. The van der Waals surface area contributed by atoms with Crippen molar-refractivity contribution in [2.75, 3.05) is 11.1 Å². The largest absolute Gasteiger partial charge is 0.396 e. The van der Waals surface area contributed by atoms with Gasteiger partial charge in [0.2, 0.25) is 0 Å². The quantitative estimate of drug-likeness (QED) is 0.818. The lowest BCUT2D eigenvalue weighted by Crippen LogP contribution is -2.12. The van der Waals surface area contributed by atoms with Crippen LogP contribution in [-0.4, -0.2) is 5.91 Å². The molecule has 0 bridgehead atoms. The van der Waals surface area contributed by atoms with Gasteiger partial charge in [0, 0.05) is 5.69 Å². The Morgan fingerprint density at radius 2 is 1.94 bits per heavy atom. The van der Waals surface area contributed by atoms with Crippen molar-refractivity contribution in [3.05, 3.63) is 58.9 Å². The van der Waals surface area contributed by atoms with Crippen molar-refractivity contribution in [1.29, 1.82) is 0 Å². The van der Waals surface area contributed by atoms with Gasteiger partial charge in [0.1, 0.15) is 5.82 Å². The van der Waals surface area contributed by atoms with Crippen molar-refractivity contribution in [2.24, 2.45) is 0 Å². The van der Waals surface area contributed by atoms with Gasteiger partial charge in [-0.25, -0.2) is 4.39 Å². The summed E-state index contributed by atoms with van der Waals surface area (Å²) in [7, 11) is 0. The van der Waals surface area contributed by atoms with Gasteiger partial charge in [-0.1, -0.05) is 23.7 Å². The molecule has 92 valence electrons. The topological polar surface area (TPSA) is 55.1 Å². The summed E-state index contributed by atoms with van der Waals surface area (Å²) in [6.45, 7) is 0. The average molecular weight is 265 g/mol. The van der Waals surface area contributed by atoms with Crippen LogP contribution in [0.1, 0.15) is 10.4 Å². The van der Waals surface area contributed by atoms with Crippen molar-refractivity contribution in [3.63, 3.8) is 0 Å². The molecular formula is C13H10ClFN2O. The second-order valence-corrected chi connectivity index (χ2v) is 4.08. The third-order valence-electron chi connectivity index (χ3n) is 2.37. The molecule has 3 nitrogen and oxygen atoms in total. The Hall–Kier alpha value is -2.07. The van der Waals surface area contributed by atoms with Crippen molar-refractivity contribution < 1.29 is 9.18 Å². The number of halogens is 2. The molecule has 2 aromatic carbocycles. The van der Waals surface area contributed by atoms with Gasteiger partial charge in [-0.05, 0) is 30.3 Å².